The van der Waals surface area contributed by atoms with Crippen molar-refractivity contribution in [2.24, 2.45) is 0 Å². The normalized spacial score (nSPS) is 14.8. The van der Waals surface area contributed by atoms with Gasteiger partial charge in [0.05, 0.1) is 21.5 Å². The van der Waals surface area contributed by atoms with Crippen molar-refractivity contribution in [1.29, 1.82) is 0 Å². The summed E-state index contributed by atoms with van der Waals surface area (Å²) in [7, 11) is 0. The zero-order valence-corrected chi connectivity index (χ0v) is 15.9. The fourth-order valence-electron chi connectivity index (χ4n) is 2.95. The molecule has 0 aliphatic carbocycles. The van der Waals surface area contributed by atoms with E-state index in [1.165, 1.54) is 12.1 Å². The largest absolute Gasteiger partial charge is 0.369 e. The number of hydrogen-bond donors (Lipinski definition) is 1. The minimum atomic E-state index is -0.488. The van der Waals surface area contributed by atoms with Crippen molar-refractivity contribution < 1.29 is 9.72 Å². The summed E-state index contributed by atoms with van der Waals surface area (Å²) in [4.78, 5) is 26.8. The minimum absolute atomic E-state index is 0.0527. The van der Waals surface area contributed by atoms with E-state index in [2.05, 4.69) is 10.2 Å². The Hall–Kier alpha value is -2.35. The maximum Gasteiger partial charge on any atom is 0.271 e. The lowest BCUT2D eigenvalue weighted by atomic mass is 10.2. The van der Waals surface area contributed by atoms with Gasteiger partial charge in [-0.3, -0.25) is 19.8 Å². The number of carbonyl (C=O) groups excluding carboxylic acids is 1. The van der Waals surface area contributed by atoms with Crippen LogP contribution < -0.4 is 10.2 Å². The number of nitrogens with zero attached hydrogens (tertiary/aromatic N) is 3. The van der Waals surface area contributed by atoms with Crippen molar-refractivity contribution >= 4 is 46.2 Å². The lowest BCUT2D eigenvalue weighted by Gasteiger charge is -2.35. The first-order valence-electron chi connectivity index (χ1n) is 8.39. The number of anilines is 2. The molecule has 3 rings (SSSR count). The smallest absolute Gasteiger partial charge is 0.271 e. The number of carbonyl (C=O) groups is 1. The molecule has 142 valence electrons. The molecule has 1 heterocycles. The Morgan fingerprint density at radius 3 is 2.48 bits per heavy atom. The van der Waals surface area contributed by atoms with Crippen LogP contribution in [-0.4, -0.2) is 48.5 Å². The molecule has 1 amide bonds. The van der Waals surface area contributed by atoms with E-state index in [1.54, 1.807) is 18.2 Å². The molecule has 1 saturated heterocycles. The summed E-state index contributed by atoms with van der Waals surface area (Å²) < 4.78 is 0. The average Bonchev–Trinajstić information content (AvgIpc) is 2.65. The van der Waals surface area contributed by atoms with Crippen LogP contribution in [0.5, 0.6) is 0 Å². The van der Waals surface area contributed by atoms with Crippen molar-refractivity contribution in [2.45, 2.75) is 0 Å². The number of nitrogens with one attached hydrogen (secondary N) is 1. The molecule has 2 aromatic carbocycles. The van der Waals surface area contributed by atoms with Crippen molar-refractivity contribution in [3.05, 3.63) is 62.6 Å². The molecule has 0 unspecified atom stereocenters. The number of piperazine rings is 1. The first-order chi connectivity index (χ1) is 12.9. The van der Waals surface area contributed by atoms with Gasteiger partial charge in [0, 0.05) is 49.7 Å². The number of amides is 1. The molecule has 0 spiro atoms. The van der Waals surface area contributed by atoms with Gasteiger partial charge in [0.15, 0.2) is 0 Å². The molecule has 0 aromatic heterocycles. The summed E-state index contributed by atoms with van der Waals surface area (Å²) >= 11 is 12.0. The molecule has 0 saturated carbocycles. The maximum atomic E-state index is 12.2. The van der Waals surface area contributed by atoms with Gasteiger partial charge in [-0.2, -0.15) is 0 Å². The van der Waals surface area contributed by atoms with Crippen molar-refractivity contribution in [3.63, 3.8) is 0 Å². The summed E-state index contributed by atoms with van der Waals surface area (Å²) in [6, 6.07) is 11.5. The van der Waals surface area contributed by atoms with Gasteiger partial charge >= 0.3 is 0 Å². The third-order valence-electron chi connectivity index (χ3n) is 4.35. The van der Waals surface area contributed by atoms with E-state index in [9.17, 15) is 14.9 Å². The highest BCUT2D eigenvalue weighted by atomic mass is 35.5. The second-order valence-corrected chi connectivity index (χ2v) is 7.03. The highest BCUT2D eigenvalue weighted by Gasteiger charge is 2.20. The number of nitro benzene ring substituents is 1. The zero-order chi connectivity index (χ0) is 19.4. The second kappa shape index (κ2) is 8.56. The van der Waals surface area contributed by atoms with Crippen LogP contribution in [0.3, 0.4) is 0 Å². The molecule has 1 N–H and O–H groups in total. The minimum Gasteiger partial charge on any atom is -0.369 e. The number of hydrogen-bond acceptors (Lipinski definition) is 5. The second-order valence-electron chi connectivity index (χ2n) is 6.22. The monoisotopic (exact) mass is 408 g/mol. The van der Waals surface area contributed by atoms with Crippen LogP contribution in [0.4, 0.5) is 17.1 Å². The molecular weight excluding hydrogens is 391 g/mol. The van der Waals surface area contributed by atoms with Gasteiger partial charge in [-0.05, 0) is 24.3 Å². The SMILES string of the molecule is O=C(CN1CCN(c2ccc(Cl)c(Cl)c2)CC1)Nc1cccc([N+](=O)[O-])c1. The van der Waals surface area contributed by atoms with Gasteiger partial charge in [0.2, 0.25) is 5.91 Å². The van der Waals surface area contributed by atoms with Crippen LogP contribution in [0, 0.1) is 10.1 Å². The molecule has 9 heteroatoms. The lowest BCUT2D eigenvalue weighted by Crippen LogP contribution is -2.48. The Morgan fingerprint density at radius 1 is 1.07 bits per heavy atom. The predicted octanol–water partition coefficient (Wildman–Crippen LogP) is 3.66. The summed E-state index contributed by atoms with van der Waals surface area (Å²) in [5, 5.41) is 14.6. The Morgan fingerprint density at radius 2 is 1.81 bits per heavy atom. The molecule has 0 radical (unpaired) electrons. The van der Waals surface area contributed by atoms with Crippen molar-refractivity contribution in [2.75, 3.05) is 42.9 Å². The molecule has 0 bridgehead atoms. The summed E-state index contributed by atoms with van der Waals surface area (Å²) in [5.74, 6) is -0.196. The molecule has 7 nitrogen and oxygen atoms in total. The highest BCUT2D eigenvalue weighted by molar-refractivity contribution is 6.42. The van der Waals surface area contributed by atoms with Crippen LogP contribution in [0.2, 0.25) is 10.0 Å². The zero-order valence-electron chi connectivity index (χ0n) is 14.4. The summed E-state index contributed by atoms with van der Waals surface area (Å²) in [5.41, 5.74) is 1.37. The number of non-ortho nitro benzene ring substituents is 1. The first-order valence-corrected chi connectivity index (χ1v) is 9.14. The number of nitro groups is 1. The Kier molecular flexibility index (Phi) is 6.15. The quantitative estimate of drug-likeness (QED) is 0.602. The maximum absolute atomic E-state index is 12.2. The number of halogens is 2. The predicted molar refractivity (Wildman–Crippen MR) is 107 cm³/mol. The van der Waals surface area contributed by atoms with E-state index in [-0.39, 0.29) is 18.1 Å². The third kappa shape index (κ3) is 5.09. The van der Waals surface area contributed by atoms with Crippen molar-refractivity contribution in [1.82, 2.24) is 4.90 Å². The van der Waals surface area contributed by atoms with Gasteiger partial charge in [-0.25, -0.2) is 0 Å². The van der Waals surface area contributed by atoms with E-state index in [1.807, 2.05) is 17.0 Å². The van der Waals surface area contributed by atoms with Gasteiger partial charge in [-0.1, -0.05) is 29.3 Å². The highest BCUT2D eigenvalue weighted by Crippen LogP contribution is 2.27. The fourth-order valence-corrected chi connectivity index (χ4v) is 3.24. The first kappa shape index (κ1) is 19.4. The van der Waals surface area contributed by atoms with Gasteiger partial charge < -0.3 is 10.2 Å². The Bertz CT molecular complexity index is 854. The van der Waals surface area contributed by atoms with Gasteiger partial charge in [0.1, 0.15) is 0 Å². The molecular formula is C18H18Cl2N4O3. The molecule has 1 fully saturated rings. The summed E-state index contributed by atoms with van der Waals surface area (Å²) in [6.45, 7) is 3.22. The standard InChI is InChI=1S/C18H18Cl2N4O3/c19-16-5-4-14(11-17(16)20)23-8-6-22(7-9-23)12-18(25)21-13-2-1-3-15(10-13)24(26)27/h1-5,10-11H,6-9,12H2,(H,21,25). The molecule has 1 aliphatic rings. The van der Waals surface area contributed by atoms with E-state index < -0.39 is 4.92 Å². The van der Waals surface area contributed by atoms with Crippen LogP contribution in [0.15, 0.2) is 42.5 Å². The van der Waals surface area contributed by atoms with Gasteiger partial charge in [0.25, 0.3) is 5.69 Å². The molecule has 0 atom stereocenters. The number of rotatable bonds is 5. The summed E-state index contributed by atoms with van der Waals surface area (Å²) in [6.07, 6.45) is 0. The Balaban J connectivity index is 1.51. The topological polar surface area (TPSA) is 78.7 Å². The van der Waals surface area contributed by atoms with E-state index >= 15 is 0 Å². The van der Waals surface area contributed by atoms with Crippen LogP contribution in [0.25, 0.3) is 0 Å². The van der Waals surface area contributed by atoms with E-state index in [0.717, 1.165) is 31.9 Å². The average molecular weight is 409 g/mol. The van der Waals surface area contributed by atoms with Crippen LogP contribution >= 0.6 is 23.2 Å². The lowest BCUT2D eigenvalue weighted by molar-refractivity contribution is -0.384. The van der Waals surface area contributed by atoms with E-state index in [4.69, 9.17) is 23.2 Å². The van der Waals surface area contributed by atoms with Crippen molar-refractivity contribution in [3.8, 4) is 0 Å². The Labute approximate surface area is 166 Å². The third-order valence-corrected chi connectivity index (χ3v) is 5.09. The fraction of sp³-hybridized carbons (Fsp3) is 0.278. The molecule has 2 aromatic rings. The molecule has 27 heavy (non-hydrogen) atoms. The molecule has 1 aliphatic heterocycles. The van der Waals surface area contributed by atoms with Crippen LogP contribution in [0.1, 0.15) is 0 Å². The van der Waals surface area contributed by atoms with E-state index in [0.29, 0.717) is 15.7 Å². The van der Waals surface area contributed by atoms with Crippen LogP contribution in [-0.2, 0) is 4.79 Å². The van der Waals surface area contributed by atoms with Gasteiger partial charge in [-0.15, -0.1) is 0 Å². The number of benzene rings is 2.